The van der Waals surface area contributed by atoms with E-state index >= 15 is 0 Å². The predicted molar refractivity (Wildman–Crippen MR) is 67.7 cm³/mol. The number of benzene rings is 1. The van der Waals surface area contributed by atoms with Gasteiger partial charge in [-0.2, -0.15) is 0 Å². The fourth-order valence-electron chi connectivity index (χ4n) is 3.38. The highest BCUT2D eigenvalue weighted by atomic mass is 15.0. The van der Waals surface area contributed by atoms with Gasteiger partial charge in [-0.05, 0) is 62.1 Å². The lowest BCUT2D eigenvalue weighted by atomic mass is 9.92. The lowest BCUT2D eigenvalue weighted by Crippen LogP contribution is -2.37. The Bertz CT molecular complexity index is 396. The van der Waals surface area contributed by atoms with E-state index in [4.69, 9.17) is 0 Å². The summed E-state index contributed by atoms with van der Waals surface area (Å²) in [4.78, 5) is 0. The first kappa shape index (κ1) is 10.3. The Morgan fingerprint density at radius 1 is 1.19 bits per heavy atom. The van der Waals surface area contributed by atoms with Gasteiger partial charge in [-0.25, -0.2) is 0 Å². The van der Waals surface area contributed by atoms with Crippen molar-refractivity contribution >= 4 is 0 Å². The van der Waals surface area contributed by atoms with Gasteiger partial charge in [-0.1, -0.05) is 18.2 Å². The van der Waals surface area contributed by atoms with Crippen molar-refractivity contribution in [2.75, 3.05) is 0 Å². The van der Waals surface area contributed by atoms with E-state index in [-0.39, 0.29) is 0 Å². The molecular formula is C15H21N. The van der Waals surface area contributed by atoms with Crippen molar-refractivity contribution in [2.24, 2.45) is 5.92 Å². The molecule has 2 fully saturated rings. The number of rotatable bonds is 2. The maximum Gasteiger partial charge on any atom is 0.0139 e. The summed E-state index contributed by atoms with van der Waals surface area (Å²) >= 11 is 0. The summed E-state index contributed by atoms with van der Waals surface area (Å²) in [5.41, 5.74) is 4.35. The predicted octanol–water partition coefficient (Wildman–Crippen LogP) is 2.99. The number of nitrogens with one attached hydrogen (secondary N) is 1. The van der Waals surface area contributed by atoms with Crippen LogP contribution < -0.4 is 5.32 Å². The second-order valence-corrected chi connectivity index (χ2v) is 5.67. The number of piperidine rings is 1. The quantitative estimate of drug-likeness (QED) is 0.799. The zero-order valence-electron chi connectivity index (χ0n) is 10.3. The largest absolute Gasteiger partial charge is 0.311 e. The Balaban J connectivity index is 1.72. The first-order chi connectivity index (χ1) is 7.72. The van der Waals surface area contributed by atoms with Crippen LogP contribution in [-0.2, 0) is 6.42 Å². The smallest absolute Gasteiger partial charge is 0.0139 e. The van der Waals surface area contributed by atoms with Crippen molar-refractivity contribution in [3.8, 4) is 0 Å². The summed E-state index contributed by atoms with van der Waals surface area (Å²) in [5.74, 6) is 0.951. The van der Waals surface area contributed by atoms with E-state index in [1.54, 1.807) is 0 Å². The molecule has 3 rings (SSSR count). The van der Waals surface area contributed by atoms with E-state index < -0.39 is 0 Å². The summed E-state index contributed by atoms with van der Waals surface area (Å²) in [6, 6.07) is 8.51. The minimum absolute atomic E-state index is 0.751. The molecule has 16 heavy (non-hydrogen) atoms. The molecule has 86 valence electrons. The second kappa shape index (κ2) is 3.89. The van der Waals surface area contributed by atoms with Gasteiger partial charge in [0, 0.05) is 12.1 Å². The van der Waals surface area contributed by atoms with Gasteiger partial charge in [0.2, 0.25) is 0 Å². The third-order valence-corrected chi connectivity index (χ3v) is 4.52. The van der Waals surface area contributed by atoms with Crippen LogP contribution in [0.3, 0.4) is 0 Å². The zero-order chi connectivity index (χ0) is 11.1. The molecule has 3 atom stereocenters. The molecule has 0 radical (unpaired) electrons. The average Bonchev–Trinajstić information content (AvgIpc) is 2.85. The van der Waals surface area contributed by atoms with E-state index in [1.165, 1.54) is 42.4 Å². The van der Waals surface area contributed by atoms with E-state index in [2.05, 4.69) is 37.4 Å². The molecule has 2 bridgehead atoms. The van der Waals surface area contributed by atoms with Crippen LogP contribution in [-0.4, -0.2) is 12.1 Å². The molecule has 1 saturated carbocycles. The Morgan fingerprint density at radius 3 is 2.69 bits per heavy atom. The van der Waals surface area contributed by atoms with Crippen LogP contribution in [0, 0.1) is 19.8 Å². The third-order valence-electron chi connectivity index (χ3n) is 4.52. The highest BCUT2D eigenvalue weighted by molar-refractivity contribution is 5.30. The zero-order valence-corrected chi connectivity index (χ0v) is 10.3. The summed E-state index contributed by atoms with van der Waals surface area (Å²) in [6.45, 7) is 4.40. The average molecular weight is 215 g/mol. The molecule has 0 amide bonds. The molecule has 0 spiro atoms. The van der Waals surface area contributed by atoms with Gasteiger partial charge in [-0.15, -0.1) is 0 Å². The van der Waals surface area contributed by atoms with Crippen molar-refractivity contribution in [3.63, 3.8) is 0 Å². The molecule has 1 aliphatic carbocycles. The summed E-state index contributed by atoms with van der Waals surface area (Å²) in [7, 11) is 0. The third kappa shape index (κ3) is 1.78. The molecule has 2 aliphatic rings. The van der Waals surface area contributed by atoms with Crippen LogP contribution >= 0.6 is 0 Å². The second-order valence-electron chi connectivity index (χ2n) is 5.67. The van der Waals surface area contributed by atoms with Crippen molar-refractivity contribution in [1.29, 1.82) is 0 Å². The van der Waals surface area contributed by atoms with Crippen molar-refractivity contribution < 1.29 is 0 Å². The molecule has 1 aliphatic heterocycles. The van der Waals surface area contributed by atoms with E-state index in [9.17, 15) is 0 Å². The highest BCUT2D eigenvalue weighted by Gasteiger charge is 2.38. The van der Waals surface area contributed by atoms with Gasteiger partial charge in [0.1, 0.15) is 0 Å². The van der Waals surface area contributed by atoms with Gasteiger partial charge >= 0.3 is 0 Å². The van der Waals surface area contributed by atoms with Crippen LogP contribution in [0.4, 0.5) is 0 Å². The van der Waals surface area contributed by atoms with Gasteiger partial charge in [0.05, 0.1) is 0 Å². The minimum Gasteiger partial charge on any atom is -0.311 e. The van der Waals surface area contributed by atoms with E-state index in [1.807, 2.05) is 0 Å². The standard InChI is InChI=1S/C15H21N/c1-10-3-4-12(7-11(10)2)8-15-13-5-6-14(9-13)16-15/h3-4,7,13-16H,5-6,8-9H2,1-2H3. The Morgan fingerprint density at radius 2 is 2.06 bits per heavy atom. The van der Waals surface area contributed by atoms with Gasteiger partial charge in [0.25, 0.3) is 0 Å². The summed E-state index contributed by atoms with van der Waals surface area (Å²) < 4.78 is 0. The maximum absolute atomic E-state index is 3.77. The monoisotopic (exact) mass is 215 g/mol. The molecule has 1 nitrogen and oxygen atoms in total. The Kier molecular flexibility index (Phi) is 2.51. The fourth-order valence-corrected chi connectivity index (χ4v) is 3.38. The van der Waals surface area contributed by atoms with Crippen molar-refractivity contribution in [2.45, 2.75) is 51.6 Å². The first-order valence-electron chi connectivity index (χ1n) is 6.54. The normalized spacial score (nSPS) is 32.2. The molecule has 1 N–H and O–H groups in total. The lowest BCUT2D eigenvalue weighted by Gasteiger charge is -2.23. The van der Waals surface area contributed by atoms with Crippen LogP contribution in [0.1, 0.15) is 36.0 Å². The molecule has 1 aromatic rings. The molecule has 1 aromatic carbocycles. The molecular weight excluding hydrogens is 194 g/mol. The Labute approximate surface area is 98.3 Å². The lowest BCUT2D eigenvalue weighted by molar-refractivity contribution is 0.379. The molecule has 1 saturated heterocycles. The van der Waals surface area contributed by atoms with Gasteiger partial charge < -0.3 is 5.32 Å². The van der Waals surface area contributed by atoms with Crippen LogP contribution in [0.5, 0.6) is 0 Å². The number of hydrogen-bond donors (Lipinski definition) is 1. The van der Waals surface area contributed by atoms with Gasteiger partial charge in [-0.3, -0.25) is 0 Å². The molecule has 1 heteroatoms. The first-order valence-corrected chi connectivity index (χ1v) is 6.54. The maximum atomic E-state index is 3.77. The van der Waals surface area contributed by atoms with Crippen LogP contribution in [0.2, 0.25) is 0 Å². The number of hydrogen-bond acceptors (Lipinski definition) is 1. The SMILES string of the molecule is Cc1ccc(CC2NC3CCC2C3)cc1C. The molecule has 1 heterocycles. The van der Waals surface area contributed by atoms with Gasteiger partial charge in [0.15, 0.2) is 0 Å². The summed E-state index contributed by atoms with van der Waals surface area (Å²) in [5, 5.41) is 3.77. The highest BCUT2D eigenvalue weighted by Crippen LogP contribution is 2.36. The van der Waals surface area contributed by atoms with Crippen LogP contribution in [0.25, 0.3) is 0 Å². The van der Waals surface area contributed by atoms with E-state index in [0.717, 1.165) is 18.0 Å². The Hall–Kier alpha value is -0.820. The number of aryl methyl sites for hydroxylation is 2. The molecule has 3 unspecified atom stereocenters. The fraction of sp³-hybridized carbons (Fsp3) is 0.600. The number of fused-ring (bicyclic) bond motifs is 2. The van der Waals surface area contributed by atoms with Crippen molar-refractivity contribution in [1.82, 2.24) is 5.32 Å². The topological polar surface area (TPSA) is 12.0 Å². The minimum atomic E-state index is 0.751. The van der Waals surface area contributed by atoms with Crippen LogP contribution in [0.15, 0.2) is 18.2 Å². The van der Waals surface area contributed by atoms with Crippen molar-refractivity contribution in [3.05, 3.63) is 34.9 Å². The summed E-state index contributed by atoms with van der Waals surface area (Å²) in [6.07, 6.45) is 5.51. The molecule has 0 aromatic heterocycles. The van der Waals surface area contributed by atoms with E-state index in [0.29, 0.717) is 0 Å².